The van der Waals surface area contributed by atoms with E-state index in [4.69, 9.17) is 18.8 Å². The van der Waals surface area contributed by atoms with Gasteiger partial charge in [-0.25, -0.2) is 4.39 Å². The highest BCUT2D eigenvalue weighted by Crippen LogP contribution is 2.25. The molecule has 180 valence electrons. The molecule has 0 aliphatic rings. The van der Waals surface area contributed by atoms with Gasteiger partial charge in [0.2, 0.25) is 0 Å². The summed E-state index contributed by atoms with van der Waals surface area (Å²) in [5.74, 6) is -0.0609. The van der Waals surface area contributed by atoms with Crippen molar-refractivity contribution >= 4 is 11.7 Å². The summed E-state index contributed by atoms with van der Waals surface area (Å²) in [5, 5.41) is 17.3. The van der Waals surface area contributed by atoms with Gasteiger partial charge in [-0.3, -0.25) is 4.79 Å². The largest absolute Gasteiger partial charge is 0.491 e. The molecule has 0 spiro atoms. The molecule has 0 saturated carbocycles. The number of aliphatic carboxylic acids is 1. The van der Waals surface area contributed by atoms with Gasteiger partial charge in [0, 0.05) is 17.7 Å². The Morgan fingerprint density at radius 3 is 2.56 bits per heavy atom. The second-order valence-electron chi connectivity index (χ2n) is 7.79. The number of aromatic nitrogens is 1. The molecule has 0 atom stereocenters. The molecular formula is C25H27FN2O6. The summed E-state index contributed by atoms with van der Waals surface area (Å²) < 4.78 is 30.3. The van der Waals surface area contributed by atoms with Crippen molar-refractivity contribution in [2.24, 2.45) is 5.16 Å². The zero-order valence-corrected chi connectivity index (χ0v) is 19.3. The van der Waals surface area contributed by atoms with Crippen molar-refractivity contribution in [2.75, 3.05) is 13.2 Å². The van der Waals surface area contributed by atoms with E-state index >= 15 is 0 Å². The summed E-state index contributed by atoms with van der Waals surface area (Å²) in [7, 11) is 0. The van der Waals surface area contributed by atoms with Gasteiger partial charge in [-0.1, -0.05) is 17.2 Å². The van der Waals surface area contributed by atoms with Gasteiger partial charge in [0.1, 0.15) is 36.2 Å². The Morgan fingerprint density at radius 2 is 1.88 bits per heavy atom. The SMILES string of the molecule is CCCON=C(COc1cc(CC(=O)O)cc(OC(C)C)c1)c1cc(-c2ccc(F)cc2)no1. The second-order valence-corrected chi connectivity index (χ2v) is 7.79. The van der Waals surface area contributed by atoms with Crippen molar-refractivity contribution in [3.63, 3.8) is 0 Å². The molecule has 0 fully saturated rings. The van der Waals surface area contributed by atoms with Crippen LogP contribution in [0.2, 0.25) is 0 Å². The Labute approximate surface area is 196 Å². The van der Waals surface area contributed by atoms with E-state index in [0.717, 1.165) is 6.42 Å². The molecule has 2 aromatic carbocycles. The highest BCUT2D eigenvalue weighted by molar-refractivity contribution is 5.99. The van der Waals surface area contributed by atoms with Crippen molar-refractivity contribution in [3.05, 3.63) is 65.7 Å². The lowest BCUT2D eigenvalue weighted by Crippen LogP contribution is -2.14. The summed E-state index contributed by atoms with van der Waals surface area (Å²) in [6.07, 6.45) is 0.503. The van der Waals surface area contributed by atoms with Crippen LogP contribution >= 0.6 is 0 Å². The monoisotopic (exact) mass is 470 g/mol. The van der Waals surface area contributed by atoms with E-state index in [9.17, 15) is 14.3 Å². The van der Waals surface area contributed by atoms with Crippen LogP contribution in [0, 0.1) is 5.82 Å². The Kier molecular flexibility index (Phi) is 8.61. The number of rotatable bonds is 12. The molecule has 34 heavy (non-hydrogen) atoms. The number of oxime groups is 1. The summed E-state index contributed by atoms with van der Waals surface area (Å²) in [4.78, 5) is 16.5. The Balaban J connectivity index is 1.82. The Morgan fingerprint density at radius 1 is 1.15 bits per heavy atom. The number of halogens is 1. The average molecular weight is 470 g/mol. The number of hydrogen-bond donors (Lipinski definition) is 1. The fraction of sp³-hybridized carbons (Fsp3) is 0.320. The molecule has 0 aliphatic heterocycles. The lowest BCUT2D eigenvalue weighted by molar-refractivity contribution is -0.136. The topological polar surface area (TPSA) is 103 Å². The highest BCUT2D eigenvalue weighted by Gasteiger charge is 2.16. The van der Waals surface area contributed by atoms with E-state index in [1.807, 2.05) is 20.8 Å². The molecule has 3 rings (SSSR count). The van der Waals surface area contributed by atoms with Gasteiger partial charge in [0.05, 0.1) is 12.5 Å². The normalized spacial score (nSPS) is 11.5. The van der Waals surface area contributed by atoms with E-state index in [-0.39, 0.29) is 24.9 Å². The molecule has 0 bridgehead atoms. The maximum absolute atomic E-state index is 13.2. The number of benzene rings is 2. The maximum atomic E-state index is 13.2. The van der Waals surface area contributed by atoms with Crippen LogP contribution in [-0.2, 0) is 16.1 Å². The van der Waals surface area contributed by atoms with Gasteiger partial charge < -0.3 is 23.9 Å². The van der Waals surface area contributed by atoms with Crippen LogP contribution in [0.1, 0.15) is 38.5 Å². The number of carbonyl (C=O) groups is 1. The van der Waals surface area contributed by atoms with E-state index < -0.39 is 5.97 Å². The molecule has 0 unspecified atom stereocenters. The van der Waals surface area contributed by atoms with Gasteiger partial charge in [0.25, 0.3) is 0 Å². The average Bonchev–Trinajstić information content (AvgIpc) is 3.25. The van der Waals surface area contributed by atoms with E-state index in [1.165, 1.54) is 12.1 Å². The second kappa shape index (κ2) is 11.8. The molecule has 1 N–H and O–H groups in total. The van der Waals surface area contributed by atoms with Crippen LogP contribution in [0.25, 0.3) is 11.3 Å². The van der Waals surface area contributed by atoms with Gasteiger partial charge in [-0.05, 0) is 62.2 Å². The fourth-order valence-corrected chi connectivity index (χ4v) is 3.01. The zero-order chi connectivity index (χ0) is 24.5. The third kappa shape index (κ3) is 7.33. The van der Waals surface area contributed by atoms with E-state index in [0.29, 0.717) is 46.4 Å². The standard InChI is InChI=1S/C25H27FN2O6/c1-4-9-32-27-23(24-14-22(28-34-24)18-5-7-19(26)8-6-18)15-31-20-10-17(12-25(29)30)11-21(13-20)33-16(2)3/h5-8,10-11,13-14,16H,4,9,12,15H2,1-3H3,(H,29,30). The van der Waals surface area contributed by atoms with Crippen LogP contribution in [0.4, 0.5) is 4.39 Å². The molecule has 0 saturated heterocycles. The van der Waals surface area contributed by atoms with Gasteiger partial charge in [-0.2, -0.15) is 0 Å². The molecular weight excluding hydrogens is 443 g/mol. The molecule has 0 radical (unpaired) electrons. The lowest BCUT2D eigenvalue weighted by atomic mass is 10.1. The van der Waals surface area contributed by atoms with Crippen LogP contribution in [-0.4, -0.2) is 41.3 Å². The fourth-order valence-electron chi connectivity index (χ4n) is 3.01. The summed E-state index contributed by atoms with van der Waals surface area (Å²) in [6.45, 7) is 6.09. The van der Waals surface area contributed by atoms with Gasteiger partial charge >= 0.3 is 5.97 Å². The number of nitrogens with zero attached hydrogens (tertiary/aromatic N) is 2. The third-order valence-electron chi connectivity index (χ3n) is 4.45. The lowest BCUT2D eigenvalue weighted by Gasteiger charge is -2.14. The molecule has 0 amide bonds. The first-order valence-corrected chi connectivity index (χ1v) is 10.9. The maximum Gasteiger partial charge on any atom is 0.307 e. The zero-order valence-electron chi connectivity index (χ0n) is 19.3. The third-order valence-corrected chi connectivity index (χ3v) is 4.45. The molecule has 1 heterocycles. The minimum Gasteiger partial charge on any atom is -0.491 e. The minimum atomic E-state index is -0.960. The van der Waals surface area contributed by atoms with Crippen molar-refractivity contribution in [2.45, 2.75) is 39.7 Å². The Bertz CT molecular complexity index is 1120. The first-order chi connectivity index (χ1) is 16.3. The predicted octanol–water partition coefficient (Wildman–Crippen LogP) is 5.10. The molecule has 1 aromatic heterocycles. The molecule has 8 nitrogen and oxygen atoms in total. The Hall–Kier alpha value is -3.88. The number of hydrogen-bond acceptors (Lipinski definition) is 7. The quantitative estimate of drug-likeness (QED) is 0.223. The first-order valence-electron chi connectivity index (χ1n) is 10.9. The van der Waals surface area contributed by atoms with Crippen LogP contribution in [0.3, 0.4) is 0 Å². The first kappa shape index (κ1) is 24.8. The summed E-state index contributed by atoms with van der Waals surface area (Å²) in [6, 6.07) is 12.5. The summed E-state index contributed by atoms with van der Waals surface area (Å²) in [5.41, 5.74) is 2.08. The van der Waals surface area contributed by atoms with Gasteiger partial charge in [-0.15, -0.1) is 0 Å². The van der Waals surface area contributed by atoms with Crippen LogP contribution in [0.5, 0.6) is 11.5 Å². The molecule has 3 aromatic rings. The molecule has 9 heteroatoms. The van der Waals surface area contributed by atoms with E-state index in [1.54, 1.807) is 36.4 Å². The van der Waals surface area contributed by atoms with Crippen molar-refractivity contribution in [1.82, 2.24) is 5.16 Å². The highest BCUT2D eigenvalue weighted by atomic mass is 19.1. The number of carboxylic acids is 1. The minimum absolute atomic E-state index is 0.0284. The van der Waals surface area contributed by atoms with Crippen molar-refractivity contribution in [3.8, 4) is 22.8 Å². The van der Waals surface area contributed by atoms with Crippen molar-refractivity contribution in [1.29, 1.82) is 0 Å². The summed E-state index contributed by atoms with van der Waals surface area (Å²) >= 11 is 0. The smallest absolute Gasteiger partial charge is 0.307 e. The predicted molar refractivity (Wildman–Crippen MR) is 124 cm³/mol. The van der Waals surface area contributed by atoms with Crippen LogP contribution in [0.15, 0.2) is 58.2 Å². The number of carboxylic acid groups (broad SMARTS) is 1. The van der Waals surface area contributed by atoms with Crippen LogP contribution < -0.4 is 9.47 Å². The van der Waals surface area contributed by atoms with E-state index in [2.05, 4.69) is 10.3 Å². The van der Waals surface area contributed by atoms with Gasteiger partial charge in [0.15, 0.2) is 11.5 Å². The van der Waals surface area contributed by atoms with Crippen molar-refractivity contribution < 1.29 is 33.1 Å². The number of ether oxygens (including phenoxy) is 2. The molecule has 0 aliphatic carbocycles.